The van der Waals surface area contributed by atoms with E-state index in [2.05, 4.69) is 44.3 Å². The molecule has 8 heteroatoms. The molecule has 1 heterocycles. The molecule has 0 saturated carbocycles. The molecule has 0 aliphatic heterocycles. The maximum absolute atomic E-state index is 12.8. The van der Waals surface area contributed by atoms with Gasteiger partial charge in [0.15, 0.2) is 5.16 Å². The normalized spacial score (nSPS) is 10.7. The van der Waals surface area contributed by atoms with Crippen LogP contribution in [0, 0.1) is 0 Å². The van der Waals surface area contributed by atoms with Crippen LogP contribution in [0.3, 0.4) is 0 Å². The minimum absolute atomic E-state index is 0.225. The molecule has 40 heavy (non-hydrogen) atoms. The van der Waals surface area contributed by atoms with Gasteiger partial charge in [-0.15, -0.1) is 10.2 Å². The number of rotatable bonds is 10. The van der Waals surface area contributed by atoms with E-state index in [1.165, 1.54) is 5.56 Å². The Kier molecular flexibility index (Phi) is 8.68. The molecule has 0 aliphatic carbocycles. The molecule has 0 fully saturated rings. The fraction of sp³-hybridized carbons (Fsp3) is 0.125. The van der Waals surface area contributed by atoms with Crippen LogP contribution in [0.15, 0.2) is 114 Å². The summed E-state index contributed by atoms with van der Waals surface area (Å²) in [6.07, 6.45) is 0.679. The molecule has 1 aromatic heterocycles. The quantitative estimate of drug-likeness (QED) is 0.157. The van der Waals surface area contributed by atoms with Gasteiger partial charge in [-0.1, -0.05) is 72.4 Å². The minimum atomic E-state index is -0.386. The van der Waals surface area contributed by atoms with Crippen molar-refractivity contribution in [2.75, 3.05) is 11.9 Å². The molecule has 4 aromatic carbocycles. The Labute approximate surface area is 237 Å². The molecule has 5 rings (SSSR count). The first-order valence-corrected chi connectivity index (χ1v) is 13.9. The Morgan fingerprint density at radius 2 is 1.43 bits per heavy atom. The highest BCUT2D eigenvalue weighted by Gasteiger charge is 2.15. The molecule has 0 atom stereocenters. The number of hydrogen-bond donors (Lipinski definition) is 1. The molecule has 1 N–H and O–H groups in total. The van der Waals surface area contributed by atoms with Crippen molar-refractivity contribution in [1.29, 1.82) is 0 Å². The topological polar surface area (TPSA) is 86.1 Å². The van der Waals surface area contributed by atoms with Crippen LogP contribution in [-0.4, -0.2) is 33.2 Å². The molecule has 0 radical (unpaired) electrons. The van der Waals surface area contributed by atoms with Crippen LogP contribution in [0.25, 0.3) is 5.69 Å². The number of anilines is 1. The zero-order chi connectivity index (χ0) is 27.7. The lowest BCUT2D eigenvalue weighted by atomic mass is 10.1. The first-order chi connectivity index (χ1) is 19.6. The minimum Gasteiger partial charge on any atom is -0.462 e. The van der Waals surface area contributed by atoms with E-state index in [0.717, 1.165) is 22.2 Å². The Hall–Kier alpha value is -4.69. The smallest absolute Gasteiger partial charge is 0.338 e. The largest absolute Gasteiger partial charge is 0.462 e. The fourth-order valence-corrected chi connectivity index (χ4v) is 5.06. The molecule has 7 nitrogen and oxygen atoms in total. The summed E-state index contributed by atoms with van der Waals surface area (Å²) in [7, 11) is 0. The third-order valence-corrected chi connectivity index (χ3v) is 7.16. The number of para-hydroxylation sites is 1. The van der Waals surface area contributed by atoms with E-state index in [9.17, 15) is 9.59 Å². The summed E-state index contributed by atoms with van der Waals surface area (Å²) in [4.78, 5) is 24.6. The van der Waals surface area contributed by atoms with E-state index in [-0.39, 0.29) is 11.9 Å². The first kappa shape index (κ1) is 26.9. The predicted octanol–water partition coefficient (Wildman–Crippen LogP) is 6.58. The highest BCUT2D eigenvalue weighted by Crippen LogP contribution is 2.26. The standard InChI is InChI=1S/C32H28N4O3S/c1-2-39-31(38)26-17-19-27(20-18-26)33-30(37)25-15-13-24(14-16-25)22-40-32-35-34-29(21-23-9-5-3-6-10-23)36(32)28-11-7-4-8-12-28/h3-20H,2,21-22H2,1H3,(H,33,37). The summed E-state index contributed by atoms with van der Waals surface area (Å²) in [5, 5.41) is 12.7. The lowest BCUT2D eigenvalue weighted by molar-refractivity contribution is 0.0526. The van der Waals surface area contributed by atoms with Crippen LogP contribution in [0.2, 0.25) is 0 Å². The SMILES string of the molecule is CCOC(=O)c1ccc(NC(=O)c2ccc(CSc3nnc(Cc4ccccc4)n3-c3ccccc3)cc2)cc1. The highest BCUT2D eigenvalue weighted by atomic mass is 32.2. The zero-order valence-electron chi connectivity index (χ0n) is 22.0. The Balaban J connectivity index is 1.24. The van der Waals surface area contributed by atoms with Gasteiger partial charge in [-0.05, 0) is 66.6 Å². The number of hydrogen-bond acceptors (Lipinski definition) is 6. The molecular formula is C32H28N4O3S. The van der Waals surface area contributed by atoms with Crippen LogP contribution in [0.4, 0.5) is 5.69 Å². The predicted molar refractivity (Wildman–Crippen MR) is 157 cm³/mol. The number of thioether (sulfide) groups is 1. The molecule has 0 unspecified atom stereocenters. The highest BCUT2D eigenvalue weighted by molar-refractivity contribution is 7.98. The monoisotopic (exact) mass is 548 g/mol. The number of carbonyl (C=O) groups excluding carboxylic acids is 2. The van der Waals surface area contributed by atoms with Crippen molar-refractivity contribution in [3.63, 3.8) is 0 Å². The van der Waals surface area contributed by atoms with Crippen molar-refractivity contribution < 1.29 is 14.3 Å². The molecule has 0 saturated heterocycles. The second kappa shape index (κ2) is 12.9. The summed E-state index contributed by atoms with van der Waals surface area (Å²) in [6, 6.07) is 34.5. The van der Waals surface area contributed by atoms with Crippen molar-refractivity contribution in [1.82, 2.24) is 14.8 Å². The van der Waals surface area contributed by atoms with Crippen LogP contribution in [0.1, 0.15) is 44.6 Å². The third kappa shape index (κ3) is 6.65. The summed E-state index contributed by atoms with van der Waals surface area (Å²) < 4.78 is 7.10. The van der Waals surface area contributed by atoms with E-state index in [4.69, 9.17) is 4.74 Å². The number of nitrogens with zero attached hydrogens (tertiary/aromatic N) is 3. The van der Waals surface area contributed by atoms with E-state index in [1.807, 2.05) is 48.5 Å². The lowest BCUT2D eigenvalue weighted by Gasteiger charge is -2.11. The van der Waals surface area contributed by atoms with Gasteiger partial charge in [0.05, 0.1) is 12.2 Å². The van der Waals surface area contributed by atoms with Crippen LogP contribution in [-0.2, 0) is 16.9 Å². The molecule has 0 spiro atoms. The van der Waals surface area contributed by atoms with E-state index in [0.29, 0.717) is 35.6 Å². The van der Waals surface area contributed by atoms with E-state index < -0.39 is 0 Å². The van der Waals surface area contributed by atoms with E-state index >= 15 is 0 Å². The van der Waals surface area contributed by atoms with Gasteiger partial charge >= 0.3 is 5.97 Å². The van der Waals surface area contributed by atoms with Gasteiger partial charge in [0.1, 0.15) is 5.82 Å². The summed E-state index contributed by atoms with van der Waals surface area (Å²) in [6.45, 7) is 2.07. The molecule has 200 valence electrons. The first-order valence-electron chi connectivity index (χ1n) is 12.9. The summed E-state index contributed by atoms with van der Waals surface area (Å²) >= 11 is 1.60. The number of benzene rings is 4. The van der Waals surface area contributed by atoms with Crippen molar-refractivity contribution in [2.45, 2.75) is 24.3 Å². The van der Waals surface area contributed by atoms with Crippen molar-refractivity contribution in [2.24, 2.45) is 0 Å². The molecule has 1 amide bonds. The second-order valence-corrected chi connectivity index (χ2v) is 9.91. The number of aromatic nitrogens is 3. The van der Waals surface area contributed by atoms with Gasteiger partial charge < -0.3 is 10.1 Å². The maximum Gasteiger partial charge on any atom is 0.338 e. The van der Waals surface area contributed by atoms with Gasteiger partial charge in [0.25, 0.3) is 5.91 Å². The average molecular weight is 549 g/mol. The van der Waals surface area contributed by atoms with Crippen LogP contribution < -0.4 is 5.32 Å². The molecule has 5 aromatic rings. The Morgan fingerprint density at radius 1 is 0.775 bits per heavy atom. The fourth-order valence-electron chi connectivity index (χ4n) is 4.13. The van der Waals surface area contributed by atoms with Gasteiger partial charge in [0.2, 0.25) is 0 Å². The summed E-state index contributed by atoms with van der Waals surface area (Å²) in [5.41, 5.74) is 4.84. The number of esters is 1. The number of ether oxygens (including phenoxy) is 1. The summed E-state index contributed by atoms with van der Waals surface area (Å²) in [5.74, 6) is 0.941. The zero-order valence-corrected chi connectivity index (χ0v) is 22.8. The van der Waals surface area contributed by atoms with Gasteiger partial charge in [-0.2, -0.15) is 0 Å². The number of carbonyl (C=O) groups is 2. The Morgan fingerprint density at radius 3 is 2.10 bits per heavy atom. The average Bonchev–Trinajstić information content (AvgIpc) is 3.40. The van der Waals surface area contributed by atoms with Gasteiger partial charge in [-0.25, -0.2) is 4.79 Å². The van der Waals surface area contributed by atoms with Crippen LogP contribution in [0.5, 0.6) is 0 Å². The van der Waals surface area contributed by atoms with Gasteiger partial charge in [0, 0.05) is 29.1 Å². The van der Waals surface area contributed by atoms with Gasteiger partial charge in [-0.3, -0.25) is 9.36 Å². The molecule has 0 bridgehead atoms. The van der Waals surface area contributed by atoms with Crippen LogP contribution >= 0.6 is 11.8 Å². The number of amides is 1. The van der Waals surface area contributed by atoms with Crippen molar-refractivity contribution >= 4 is 29.3 Å². The molecular weight excluding hydrogens is 520 g/mol. The number of nitrogens with one attached hydrogen (secondary N) is 1. The molecule has 0 aliphatic rings. The van der Waals surface area contributed by atoms with Crippen molar-refractivity contribution in [3.8, 4) is 5.69 Å². The van der Waals surface area contributed by atoms with Crippen molar-refractivity contribution in [3.05, 3.63) is 137 Å². The maximum atomic E-state index is 12.8. The van der Waals surface area contributed by atoms with E-state index in [1.54, 1.807) is 55.1 Å². The Bertz CT molecular complexity index is 1570. The second-order valence-electron chi connectivity index (χ2n) is 8.97. The third-order valence-electron chi connectivity index (χ3n) is 6.16. The lowest BCUT2D eigenvalue weighted by Crippen LogP contribution is -2.12.